The van der Waals surface area contributed by atoms with Crippen molar-refractivity contribution in [3.63, 3.8) is 0 Å². The molecular formula is C17H15F3N4O3. The maximum atomic E-state index is 12.8. The number of ether oxygens (including phenoxy) is 2. The van der Waals surface area contributed by atoms with Crippen LogP contribution in [0.3, 0.4) is 0 Å². The molecule has 10 heteroatoms. The minimum atomic E-state index is -4.42. The third-order valence-corrected chi connectivity index (χ3v) is 4.10. The molecule has 0 aliphatic heterocycles. The third kappa shape index (κ3) is 3.29. The van der Waals surface area contributed by atoms with E-state index >= 15 is 0 Å². The van der Waals surface area contributed by atoms with Gasteiger partial charge in [0.2, 0.25) is 5.88 Å². The molecule has 142 valence electrons. The molecule has 2 aromatic heterocycles. The van der Waals surface area contributed by atoms with Crippen LogP contribution in [0.2, 0.25) is 0 Å². The molecule has 0 unspecified atom stereocenters. The smallest absolute Gasteiger partial charge is 0.416 e. The van der Waals surface area contributed by atoms with E-state index in [2.05, 4.69) is 15.1 Å². The summed E-state index contributed by atoms with van der Waals surface area (Å²) in [6, 6.07) is 4.21. The monoisotopic (exact) mass is 380 g/mol. The fourth-order valence-corrected chi connectivity index (χ4v) is 2.70. The molecule has 1 atom stereocenters. The number of hydrogen-bond donors (Lipinski definition) is 0. The Kier molecular flexibility index (Phi) is 4.73. The largest absolute Gasteiger partial charge is 0.480 e. The molecule has 1 aromatic carbocycles. The lowest BCUT2D eigenvalue weighted by Gasteiger charge is -2.15. The molecule has 0 saturated carbocycles. The second kappa shape index (κ2) is 6.86. The lowest BCUT2D eigenvalue weighted by Crippen LogP contribution is -2.11. The first-order valence-electron chi connectivity index (χ1n) is 7.80. The molecule has 0 aliphatic carbocycles. The number of fused-ring (bicyclic) bond motifs is 1. The molecule has 0 radical (unpaired) electrons. The molecule has 3 aromatic rings. The van der Waals surface area contributed by atoms with E-state index in [9.17, 15) is 18.0 Å². The Balaban J connectivity index is 2.14. The van der Waals surface area contributed by atoms with Gasteiger partial charge in [0, 0.05) is 0 Å². The maximum Gasteiger partial charge on any atom is 0.416 e. The molecule has 7 nitrogen and oxygen atoms in total. The molecule has 27 heavy (non-hydrogen) atoms. The van der Waals surface area contributed by atoms with Crippen molar-refractivity contribution < 1.29 is 27.4 Å². The highest BCUT2D eigenvalue weighted by atomic mass is 19.4. The van der Waals surface area contributed by atoms with Gasteiger partial charge in [0.05, 0.1) is 25.8 Å². The highest BCUT2D eigenvalue weighted by Gasteiger charge is 2.30. The van der Waals surface area contributed by atoms with Crippen molar-refractivity contribution in [3.05, 3.63) is 41.1 Å². The van der Waals surface area contributed by atoms with E-state index in [-0.39, 0.29) is 23.2 Å². The van der Waals surface area contributed by atoms with Gasteiger partial charge in [-0.3, -0.25) is 4.79 Å². The zero-order valence-corrected chi connectivity index (χ0v) is 14.6. The van der Waals surface area contributed by atoms with E-state index in [4.69, 9.17) is 9.47 Å². The molecule has 0 bridgehead atoms. The second-order valence-corrected chi connectivity index (χ2v) is 5.66. The first-order chi connectivity index (χ1) is 12.8. The first kappa shape index (κ1) is 18.6. The minimum Gasteiger partial charge on any atom is -0.480 e. The Morgan fingerprint density at radius 2 is 1.78 bits per heavy atom. The lowest BCUT2D eigenvalue weighted by atomic mass is 10.1. The van der Waals surface area contributed by atoms with Crippen LogP contribution in [-0.4, -0.2) is 40.3 Å². The van der Waals surface area contributed by atoms with E-state index in [0.29, 0.717) is 17.2 Å². The predicted octanol–water partition coefficient (Wildman–Crippen LogP) is 3.28. The minimum absolute atomic E-state index is 0.0116. The molecule has 2 heterocycles. The summed E-state index contributed by atoms with van der Waals surface area (Å²) in [6.45, 7) is 1.73. The van der Waals surface area contributed by atoms with Crippen LogP contribution >= 0.6 is 0 Å². The van der Waals surface area contributed by atoms with Crippen LogP contribution in [0.15, 0.2) is 24.3 Å². The quantitative estimate of drug-likeness (QED) is 0.632. The number of aldehydes is 1. The number of aromatic nitrogens is 4. The van der Waals surface area contributed by atoms with E-state index in [1.807, 2.05) is 0 Å². The number of hydrogen-bond acceptors (Lipinski definition) is 6. The number of nitrogens with zero attached hydrogens (tertiary/aromatic N) is 4. The average Bonchev–Trinajstić information content (AvgIpc) is 3.04. The zero-order chi connectivity index (χ0) is 19.8. The molecule has 0 saturated heterocycles. The van der Waals surface area contributed by atoms with E-state index < -0.39 is 17.8 Å². The topological polar surface area (TPSA) is 79.1 Å². The van der Waals surface area contributed by atoms with Gasteiger partial charge in [0.25, 0.3) is 0 Å². The molecule has 0 spiro atoms. The van der Waals surface area contributed by atoms with Gasteiger partial charge in [-0.1, -0.05) is 12.1 Å². The molecule has 0 N–H and O–H groups in total. The third-order valence-electron chi connectivity index (χ3n) is 4.10. The van der Waals surface area contributed by atoms with Crippen molar-refractivity contribution >= 4 is 17.3 Å². The Morgan fingerprint density at radius 1 is 1.11 bits per heavy atom. The van der Waals surface area contributed by atoms with E-state index in [1.54, 1.807) is 6.92 Å². The number of rotatable bonds is 5. The molecular weight excluding hydrogens is 365 g/mol. The number of methoxy groups -OCH3 is 2. The van der Waals surface area contributed by atoms with Gasteiger partial charge >= 0.3 is 12.2 Å². The Morgan fingerprint density at radius 3 is 2.30 bits per heavy atom. The Labute approximate surface area is 151 Å². The van der Waals surface area contributed by atoms with Crippen LogP contribution in [0.1, 0.15) is 34.6 Å². The van der Waals surface area contributed by atoms with Gasteiger partial charge in [-0.2, -0.15) is 28.2 Å². The zero-order valence-electron chi connectivity index (χ0n) is 14.6. The molecule has 0 fully saturated rings. The summed E-state index contributed by atoms with van der Waals surface area (Å²) < 4.78 is 50.0. The number of benzene rings is 1. The Bertz CT molecular complexity index is 984. The normalized spacial score (nSPS) is 12.8. The van der Waals surface area contributed by atoms with Gasteiger partial charge in [-0.15, -0.1) is 0 Å². The fourth-order valence-electron chi connectivity index (χ4n) is 2.70. The standard InChI is InChI=1S/C17H15F3N4O3/c1-9(10-4-6-11(7-5-10)17(18,19)20)24-14-13(12(8-25)23-24)15(26-2)22-16(21-14)27-3/h4-9H,1-3H3/t9-/m0/s1. The van der Waals surface area contributed by atoms with Crippen molar-refractivity contribution in [1.82, 2.24) is 19.7 Å². The first-order valence-corrected chi connectivity index (χ1v) is 7.80. The number of halogens is 3. The molecule has 0 aliphatic rings. The predicted molar refractivity (Wildman–Crippen MR) is 89.1 cm³/mol. The Hall–Kier alpha value is -3.17. The molecule has 0 amide bonds. The summed E-state index contributed by atoms with van der Waals surface area (Å²) >= 11 is 0. The number of carbonyl (C=O) groups excluding carboxylic acids is 1. The van der Waals surface area contributed by atoms with Crippen LogP contribution in [0.5, 0.6) is 11.9 Å². The average molecular weight is 380 g/mol. The van der Waals surface area contributed by atoms with Crippen LogP contribution in [0.25, 0.3) is 11.0 Å². The number of alkyl halides is 3. The highest BCUT2D eigenvalue weighted by Crippen LogP contribution is 2.33. The molecule has 3 rings (SSSR count). The van der Waals surface area contributed by atoms with Gasteiger partial charge in [-0.25, -0.2) is 4.68 Å². The summed E-state index contributed by atoms with van der Waals surface area (Å²) in [7, 11) is 2.76. The van der Waals surface area contributed by atoms with Crippen LogP contribution in [0, 0.1) is 0 Å². The summed E-state index contributed by atoms with van der Waals surface area (Å²) in [4.78, 5) is 19.7. The van der Waals surface area contributed by atoms with E-state index in [1.165, 1.54) is 31.0 Å². The van der Waals surface area contributed by atoms with Crippen LogP contribution in [-0.2, 0) is 6.18 Å². The SMILES string of the molecule is COc1nc(OC)c2c(C=O)nn([C@@H](C)c3ccc(C(F)(F)F)cc3)c2n1. The van der Waals surface area contributed by atoms with E-state index in [0.717, 1.165) is 12.1 Å². The highest BCUT2D eigenvalue weighted by molar-refractivity contribution is 5.96. The van der Waals surface area contributed by atoms with Gasteiger partial charge < -0.3 is 9.47 Å². The van der Waals surface area contributed by atoms with Crippen molar-refractivity contribution in [2.45, 2.75) is 19.1 Å². The second-order valence-electron chi connectivity index (χ2n) is 5.66. The summed E-state index contributed by atoms with van der Waals surface area (Å²) in [5, 5.41) is 4.53. The summed E-state index contributed by atoms with van der Waals surface area (Å²) in [5.41, 5.74) is 0.140. The van der Waals surface area contributed by atoms with Gasteiger partial charge in [0.1, 0.15) is 11.1 Å². The number of carbonyl (C=O) groups is 1. The van der Waals surface area contributed by atoms with Gasteiger partial charge in [-0.05, 0) is 24.6 Å². The van der Waals surface area contributed by atoms with Crippen molar-refractivity contribution in [3.8, 4) is 11.9 Å². The lowest BCUT2D eigenvalue weighted by molar-refractivity contribution is -0.137. The van der Waals surface area contributed by atoms with Crippen LogP contribution in [0.4, 0.5) is 13.2 Å². The van der Waals surface area contributed by atoms with Crippen molar-refractivity contribution in [2.24, 2.45) is 0 Å². The van der Waals surface area contributed by atoms with Crippen molar-refractivity contribution in [1.29, 1.82) is 0 Å². The van der Waals surface area contributed by atoms with Gasteiger partial charge in [0.15, 0.2) is 11.9 Å². The van der Waals surface area contributed by atoms with Crippen LogP contribution < -0.4 is 9.47 Å². The van der Waals surface area contributed by atoms with Crippen molar-refractivity contribution in [2.75, 3.05) is 14.2 Å². The summed E-state index contributed by atoms with van der Waals surface area (Å²) in [6.07, 6.45) is -3.88. The fraction of sp³-hybridized carbons (Fsp3) is 0.294. The summed E-state index contributed by atoms with van der Waals surface area (Å²) in [5.74, 6) is 0.116. The maximum absolute atomic E-state index is 12.8.